The second kappa shape index (κ2) is 4.23. The second-order valence-corrected chi connectivity index (χ2v) is 3.70. The maximum atomic E-state index is 5.68. The summed E-state index contributed by atoms with van der Waals surface area (Å²) in [6.45, 7) is 4.08. The maximum Gasteiger partial charge on any atom is 0.221 e. The Morgan fingerprint density at radius 3 is 2.56 bits per heavy atom. The number of rotatable bonds is 2. The monoisotopic (exact) mass is 214 g/mol. The molecule has 1 aromatic carbocycles. The van der Waals surface area contributed by atoms with Crippen molar-refractivity contribution in [3.05, 3.63) is 47.5 Å². The molecule has 1 heterocycles. The highest BCUT2D eigenvalue weighted by Crippen LogP contribution is 2.25. The zero-order chi connectivity index (χ0) is 11.5. The average Bonchev–Trinajstić information content (AvgIpc) is 2.25. The van der Waals surface area contributed by atoms with Crippen LogP contribution in [0, 0.1) is 13.8 Å². The third-order valence-electron chi connectivity index (χ3n) is 2.51. The number of anilines is 1. The number of aryl methyl sites for hydroxylation is 1. The molecule has 0 aliphatic heterocycles. The van der Waals surface area contributed by atoms with Crippen molar-refractivity contribution >= 4 is 5.82 Å². The molecule has 16 heavy (non-hydrogen) atoms. The molecule has 2 aromatic rings. The van der Waals surface area contributed by atoms with Gasteiger partial charge in [-0.05, 0) is 37.1 Å². The van der Waals surface area contributed by atoms with E-state index in [1.807, 2.05) is 25.1 Å². The van der Waals surface area contributed by atoms with Crippen LogP contribution < -0.4 is 10.5 Å². The molecule has 0 radical (unpaired) electrons. The van der Waals surface area contributed by atoms with Gasteiger partial charge in [0.25, 0.3) is 0 Å². The molecule has 1 aromatic heterocycles. The Morgan fingerprint density at radius 1 is 1.06 bits per heavy atom. The van der Waals surface area contributed by atoms with Crippen LogP contribution in [0.5, 0.6) is 11.6 Å². The van der Waals surface area contributed by atoms with Crippen molar-refractivity contribution in [2.24, 2.45) is 0 Å². The highest BCUT2D eigenvalue weighted by atomic mass is 16.5. The summed E-state index contributed by atoms with van der Waals surface area (Å²) >= 11 is 0. The van der Waals surface area contributed by atoms with Crippen LogP contribution in [0.4, 0.5) is 5.82 Å². The number of aromatic nitrogens is 1. The van der Waals surface area contributed by atoms with Crippen LogP contribution in [0.2, 0.25) is 0 Å². The van der Waals surface area contributed by atoms with Gasteiger partial charge >= 0.3 is 0 Å². The van der Waals surface area contributed by atoms with Crippen molar-refractivity contribution in [1.82, 2.24) is 4.98 Å². The highest BCUT2D eigenvalue weighted by Gasteiger charge is 2.03. The predicted molar refractivity (Wildman–Crippen MR) is 64.6 cm³/mol. The molecule has 0 saturated heterocycles. The Balaban J connectivity index is 2.31. The number of hydrogen-bond acceptors (Lipinski definition) is 3. The summed E-state index contributed by atoms with van der Waals surface area (Å²) in [7, 11) is 0. The van der Waals surface area contributed by atoms with Gasteiger partial charge in [-0.15, -0.1) is 0 Å². The predicted octanol–water partition coefficient (Wildman–Crippen LogP) is 3.07. The topological polar surface area (TPSA) is 48.1 Å². The Kier molecular flexibility index (Phi) is 2.77. The van der Waals surface area contributed by atoms with Gasteiger partial charge in [-0.25, -0.2) is 0 Å². The smallest absolute Gasteiger partial charge is 0.221 e. The van der Waals surface area contributed by atoms with Crippen molar-refractivity contribution in [1.29, 1.82) is 0 Å². The van der Waals surface area contributed by atoms with E-state index < -0.39 is 0 Å². The quantitative estimate of drug-likeness (QED) is 0.835. The number of hydrogen-bond donors (Lipinski definition) is 1. The van der Waals surface area contributed by atoms with Crippen LogP contribution in [0.25, 0.3) is 0 Å². The molecule has 0 bridgehead atoms. The molecule has 0 fully saturated rings. The standard InChI is InChI=1S/C13H14N2O/c1-9-5-3-6-11(10(9)2)16-13-8-4-7-12(14)15-13/h3-8H,1-2H3,(H2,14,15). The summed E-state index contributed by atoms with van der Waals surface area (Å²) in [5.74, 6) is 1.80. The Bertz CT molecular complexity index is 509. The number of nitrogens with two attached hydrogens (primary N) is 1. The molecular formula is C13H14N2O. The molecule has 2 rings (SSSR count). The molecule has 3 heteroatoms. The number of benzene rings is 1. The SMILES string of the molecule is Cc1cccc(Oc2cccc(N)n2)c1C. The zero-order valence-electron chi connectivity index (χ0n) is 9.40. The number of ether oxygens (including phenoxy) is 1. The summed E-state index contributed by atoms with van der Waals surface area (Å²) in [4.78, 5) is 4.09. The average molecular weight is 214 g/mol. The van der Waals surface area contributed by atoms with Gasteiger partial charge in [-0.1, -0.05) is 18.2 Å². The first-order valence-electron chi connectivity index (χ1n) is 5.13. The van der Waals surface area contributed by atoms with E-state index in [1.165, 1.54) is 5.56 Å². The molecule has 0 unspecified atom stereocenters. The molecule has 0 saturated carbocycles. The minimum atomic E-state index is 0.461. The van der Waals surface area contributed by atoms with Crippen LogP contribution in [0.3, 0.4) is 0 Å². The van der Waals surface area contributed by atoms with E-state index in [9.17, 15) is 0 Å². The van der Waals surface area contributed by atoms with E-state index in [-0.39, 0.29) is 0 Å². The normalized spacial score (nSPS) is 10.1. The zero-order valence-corrected chi connectivity index (χ0v) is 9.40. The van der Waals surface area contributed by atoms with Gasteiger partial charge in [0.2, 0.25) is 5.88 Å². The van der Waals surface area contributed by atoms with Crippen LogP contribution >= 0.6 is 0 Å². The summed E-state index contributed by atoms with van der Waals surface area (Å²) < 4.78 is 5.68. The van der Waals surface area contributed by atoms with E-state index in [1.54, 1.807) is 12.1 Å². The third-order valence-corrected chi connectivity index (χ3v) is 2.51. The largest absolute Gasteiger partial charge is 0.439 e. The fraction of sp³-hybridized carbons (Fsp3) is 0.154. The fourth-order valence-corrected chi connectivity index (χ4v) is 1.44. The van der Waals surface area contributed by atoms with Crippen molar-refractivity contribution in [3.8, 4) is 11.6 Å². The summed E-state index contributed by atoms with van der Waals surface area (Å²) in [6, 6.07) is 11.3. The minimum absolute atomic E-state index is 0.461. The Morgan fingerprint density at radius 2 is 1.81 bits per heavy atom. The highest BCUT2D eigenvalue weighted by molar-refractivity contribution is 5.41. The van der Waals surface area contributed by atoms with Gasteiger partial charge in [0.05, 0.1) is 0 Å². The summed E-state index contributed by atoms with van der Waals surface area (Å²) in [5, 5.41) is 0. The molecule has 82 valence electrons. The van der Waals surface area contributed by atoms with E-state index in [2.05, 4.69) is 18.0 Å². The van der Waals surface area contributed by atoms with Gasteiger partial charge < -0.3 is 10.5 Å². The summed E-state index contributed by atoms with van der Waals surface area (Å²) in [6.07, 6.45) is 0. The molecule has 0 atom stereocenters. The third kappa shape index (κ3) is 2.14. The van der Waals surface area contributed by atoms with E-state index in [4.69, 9.17) is 10.5 Å². The van der Waals surface area contributed by atoms with Crippen LogP contribution in [-0.2, 0) is 0 Å². The molecule has 2 N–H and O–H groups in total. The van der Waals surface area contributed by atoms with Gasteiger partial charge in [-0.3, -0.25) is 0 Å². The van der Waals surface area contributed by atoms with E-state index in [0.717, 1.165) is 11.3 Å². The van der Waals surface area contributed by atoms with Gasteiger partial charge in [0.1, 0.15) is 11.6 Å². The lowest BCUT2D eigenvalue weighted by Gasteiger charge is -2.09. The van der Waals surface area contributed by atoms with Gasteiger partial charge in [0.15, 0.2) is 0 Å². The Labute approximate surface area is 94.9 Å². The van der Waals surface area contributed by atoms with Crippen molar-refractivity contribution in [2.75, 3.05) is 5.73 Å². The first-order valence-corrected chi connectivity index (χ1v) is 5.13. The second-order valence-electron chi connectivity index (χ2n) is 3.70. The molecule has 0 aliphatic carbocycles. The number of pyridine rings is 1. The fourth-order valence-electron chi connectivity index (χ4n) is 1.44. The van der Waals surface area contributed by atoms with Crippen molar-refractivity contribution in [2.45, 2.75) is 13.8 Å². The molecule has 0 aliphatic rings. The molecule has 0 amide bonds. The lowest BCUT2D eigenvalue weighted by molar-refractivity contribution is 0.460. The summed E-state index contributed by atoms with van der Waals surface area (Å²) in [5.41, 5.74) is 7.90. The van der Waals surface area contributed by atoms with Gasteiger partial charge in [0, 0.05) is 6.07 Å². The minimum Gasteiger partial charge on any atom is -0.439 e. The number of nitrogens with zero attached hydrogens (tertiary/aromatic N) is 1. The van der Waals surface area contributed by atoms with E-state index in [0.29, 0.717) is 11.7 Å². The lowest BCUT2D eigenvalue weighted by atomic mass is 10.1. The molecule has 0 spiro atoms. The van der Waals surface area contributed by atoms with Crippen LogP contribution in [-0.4, -0.2) is 4.98 Å². The van der Waals surface area contributed by atoms with Crippen molar-refractivity contribution in [3.63, 3.8) is 0 Å². The number of nitrogen functional groups attached to an aromatic ring is 1. The molecule has 3 nitrogen and oxygen atoms in total. The first-order chi connectivity index (χ1) is 7.66. The lowest BCUT2D eigenvalue weighted by Crippen LogP contribution is -1.94. The first kappa shape index (κ1) is 10.5. The maximum absolute atomic E-state index is 5.68. The van der Waals surface area contributed by atoms with Crippen molar-refractivity contribution < 1.29 is 4.74 Å². The van der Waals surface area contributed by atoms with Gasteiger partial charge in [-0.2, -0.15) is 4.98 Å². The van der Waals surface area contributed by atoms with Crippen LogP contribution in [0.15, 0.2) is 36.4 Å². The van der Waals surface area contributed by atoms with Crippen LogP contribution in [0.1, 0.15) is 11.1 Å². The Hall–Kier alpha value is -2.03. The molecular weight excluding hydrogens is 200 g/mol. The van der Waals surface area contributed by atoms with E-state index >= 15 is 0 Å².